The summed E-state index contributed by atoms with van der Waals surface area (Å²) >= 11 is 5.16. The molecule has 19 heavy (non-hydrogen) atoms. The molecule has 3 aromatic rings. The van der Waals surface area contributed by atoms with E-state index in [4.69, 9.17) is 5.73 Å². The van der Waals surface area contributed by atoms with Crippen molar-refractivity contribution < 1.29 is 0 Å². The molecular weight excluding hydrogens is 324 g/mol. The summed E-state index contributed by atoms with van der Waals surface area (Å²) in [6, 6.07) is 6.03. The third-order valence-electron chi connectivity index (χ3n) is 2.99. The number of nitrogens with two attached hydrogens (primary N) is 1. The van der Waals surface area contributed by atoms with Gasteiger partial charge in [0.15, 0.2) is 0 Å². The Bertz CT molecular complexity index is 744. The van der Waals surface area contributed by atoms with Gasteiger partial charge in [0.05, 0.1) is 10.6 Å². The Balaban J connectivity index is 2.24. The highest BCUT2D eigenvalue weighted by atomic mass is 79.9. The second-order valence-corrected chi connectivity index (χ2v) is 6.22. The number of rotatable bonds is 2. The van der Waals surface area contributed by atoms with E-state index in [0.717, 1.165) is 26.4 Å². The predicted molar refractivity (Wildman–Crippen MR) is 84.9 cm³/mol. The van der Waals surface area contributed by atoms with Gasteiger partial charge in [0.1, 0.15) is 17.2 Å². The Kier molecular flexibility index (Phi) is 2.99. The lowest BCUT2D eigenvalue weighted by Gasteiger charge is -2.12. The number of pyridine rings is 1. The highest BCUT2D eigenvalue weighted by molar-refractivity contribution is 9.10. The predicted octanol–water partition coefficient (Wildman–Crippen LogP) is 3.47. The minimum atomic E-state index is 0.668. The first-order valence-corrected chi connectivity index (χ1v) is 7.43. The Hall–Kier alpha value is -1.53. The molecular formula is C13H13BrN4S. The van der Waals surface area contributed by atoms with E-state index < -0.39 is 0 Å². The molecule has 3 aromatic heterocycles. The summed E-state index contributed by atoms with van der Waals surface area (Å²) in [4.78, 5) is 7.72. The average molecular weight is 337 g/mol. The van der Waals surface area contributed by atoms with Crippen LogP contribution in [0.1, 0.15) is 0 Å². The maximum atomic E-state index is 6.24. The third-order valence-corrected chi connectivity index (χ3v) is 4.83. The van der Waals surface area contributed by atoms with Crippen LogP contribution in [-0.2, 0) is 0 Å². The van der Waals surface area contributed by atoms with E-state index in [9.17, 15) is 0 Å². The number of nitrogens with zero attached hydrogens (tertiary/aromatic N) is 3. The van der Waals surface area contributed by atoms with Crippen LogP contribution in [-0.4, -0.2) is 23.5 Å². The smallest absolute Gasteiger partial charge is 0.139 e. The maximum absolute atomic E-state index is 6.24. The summed E-state index contributed by atoms with van der Waals surface area (Å²) in [5, 5.41) is 2.02. The number of anilines is 2. The SMILES string of the molecule is CN(C)c1ccc2nc(-c3sccc3Br)c(N)n2c1. The molecule has 6 heteroatoms. The van der Waals surface area contributed by atoms with Crippen LogP contribution in [0.5, 0.6) is 0 Å². The number of hydrogen-bond donors (Lipinski definition) is 1. The molecule has 0 aliphatic rings. The number of halogens is 1. The molecule has 0 aliphatic carbocycles. The number of nitrogen functional groups attached to an aromatic ring is 1. The van der Waals surface area contributed by atoms with Gasteiger partial charge in [-0.1, -0.05) is 0 Å². The molecule has 98 valence electrons. The standard InChI is InChI=1S/C13H13BrN4S/c1-17(2)8-3-4-10-16-11(13(15)18(10)7-8)12-9(14)5-6-19-12/h3-7H,15H2,1-2H3. The fraction of sp³-hybridized carbons (Fsp3) is 0.154. The summed E-state index contributed by atoms with van der Waals surface area (Å²) in [6.45, 7) is 0. The number of imidazole rings is 1. The van der Waals surface area contributed by atoms with Crippen LogP contribution >= 0.6 is 27.3 Å². The minimum absolute atomic E-state index is 0.668. The number of hydrogen-bond acceptors (Lipinski definition) is 4. The lowest BCUT2D eigenvalue weighted by atomic mass is 10.3. The topological polar surface area (TPSA) is 46.6 Å². The van der Waals surface area contributed by atoms with Crippen LogP contribution in [0, 0.1) is 0 Å². The third kappa shape index (κ3) is 2.01. The molecule has 0 radical (unpaired) electrons. The molecule has 0 aromatic carbocycles. The second kappa shape index (κ2) is 4.54. The van der Waals surface area contributed by atoms with Gasteiger partial charge < -0.3 is 10.6 Å². The van der Waals surface area contributed by atoms with Gasteiger partial charge in [0, 0.05) is 24.8 Å². The molecule has 0 saturated heterocycles. The molecule has 0 bridgehead atoms. The molecule has 3 heterocycles. The van der Waals surface area contributed by atoms with E-state index in [0.29, 0.717) is 5.82 Å². The molecule has 0 unspecified atom stereocenters. The zero-order valence-electron chi connectivity index (χ0n) is 10.6. The van der Waals surface area contributed by atoms with Crippen molar-refractivity contribution in [2.24, 2.45) is 0 Å². The number of fused-ring (bicyclic) bond motifs is 1. The molecule has 3 rings (SSSR count). The summed E-state index contributed by atoms with van der Waals surface area (Å²) in [7, 11) is 4.01. The molecule has 0 atom stereocenters. The molecule has 2 N–H and O–H groups in total. The zero-order chi connectivity index (χ0) is 13.6. The van der Waals surface area contributed by atoms with Crippen molar-refractivity contribution in [3.8, 4) is 10.6 Å². The summed E-state index contributed by atoms with van der Waals surface area (Å²) in [5.41, 5.74) is 9.02. The van der Waals surface area contributed by atoms with Crippen molar-refractivity contribution in [1.82, 2.24) is 9.38 Å². The first kappa shape index (κ1) is 12.5. The van der Waals surface area contributed by atoms with Gasteiger partial charge in [0.25, 0.3) is 0 Å². The Morgan fingerprint density at radius 1 is 1.32 bits per heavy atom. The van der Waals surface area contributed by atoms with Crippen LogP contribution in [0.15, 0.2) is 34.2 Å². The van der Waals surface area contributed by atoms with E-state index in [1.807, 2.05) is 53.2 Å². The van der Waals surface area contributed by atoms with Gasteiger partial charge >= 0.3 is 0 Å². The van der Waals surface area contributed by atoms with Crippen LogP contribution in [0.25, 0.3) is 16.2 Å². The van der Waals surface area contributed by atoms with Gasteiger partial charge in [-0.15, -0.1) is 11.3 Å². The maximum Gasteiger partial charge on any atom is 0.139 e. The van der Waals surface area contributed by atoms with E-state index in [1.54, 1.807) is 11.3 Å². The van der Waals surface area contributed by atoms with Crippen LogP contribution in [0.3, 0.4) is 0 Å². The fourth-order valence-corrected chi connectivity index (χ4v) is 3.50. The van der Waals surface area contributed by atoms with Crippen molar-refractivity contribution in [2.75, 3.05) is 24.7 Å². The van der Waals surface area contributed by atoms with Gasteiger partial charge in [-0.3, -0.25) is 4.40 Å². The molecule has 0 spiro atoms. The van der Waals surface area contributed by atoms with E-state index in [-0.39, 0.29) is 0 Å². The lowest BCUT2D eigenvalue weighted by Crippen LogP contribution is -2.09. The zero-order valence-corrected chi connectivity index (χ0v) is 13.0. The highest BCUT2D eigenvalue weighted by Crippen LogP contribution is 2.36. The van der Waals surface area contributed by atoms with Crippen molar-refractivity contribution >= 4 is 44.4 Å². The minimum Gasteiger partial charge on any atom is -0.383 e. The Morgan fingerprint density at radius 3 is 2.74 bits per heavy atom. The Labute approximate surface area is 123 Å². The monoisotopic (exact) mass is 336 g/mol. The average Bonchev–Trinajstić information content (AvgIpc) is 2.93. The summed E-state index contributed by atoms with van der Waals surface area (Å²) in [6.07, 6.45) is 2.00. The second-order valence-electron chi connectivity index (χ2n) is 4.45. The first-order chi connectivity index (χ1) is 9.08. The van der Waals surface area contributed by atoms with Crippen LogP contribution in [0.4, 0.5) is 11.5 Å². The quantitative estimate of drug-likeness (QED) is 0.779. The van der Waals surface area contributed by atoms with E-state index in [1.165, 1.54) is 0 Å². The fourth-order valence-electron chi connectivity index (χ4n) is 1.95. The molecule has 0 fully saturated rings. The van der Waals surface area contributed by atoms with Gasteiger partial charge in [-0.05, 0) is 39.5 Å². The first-order valence-electron chi connectivity index (χ1n) is 5.76. The molecule has 0 aliphatic heterocycles. The van der Waals surface area contributed by atoms with Gasteiger partial charge in [-0.25, -0.2) is 4.98 Å². The van der Waals surface area contributed by atoms with Crippen molar-refractivity contribution in [3.63, 3.8) is 0 Å². The largest absolute Gasteiger partial charge is 0.383 e. The highest BCUT2D eigenvalue weighted by Gasteiger charge is 2.15. The molecule has 0 amide bonds. The molecule has 0 saturated carbocycles. The summed E-state index contributed by atoms with van der Waals surface area (Å²) < 4.78 is 2.96. The van der Waals surface area contributed by atoms with E-state index in [2.05, 4.69) is 20.9 Å². The lowest BCUT2D eigenvalue weighted by molar-refractivity contribution is 1.09. The van der Waals surface area contributed by atoms with Crippen LogP contribution < -0.4 is 10.6 Å². The van der Waals surface area contributed by atoms with E-state index >= 15 is 0 Å². The van der Waals surface area contributed by atoms with Crippen molar-refractivity contribution in [3.05, 3.63) is 34.2 Å². The normalized spacial score (nSPS) is 11.1. The molecule has 4 nitrogen and oxygen atoms in total. The van der Waals surface area contributed by atoms with Crippen molar-refractivity contribution in [1.29, 1.82) is 0 Å². The van der Waals surface area contributed by atoms with Crippen LogP contribution in [0.2, 0.25) is 0 Å². The van der Waals surface area contributed by atoms with Gasteiger partial charge in [-0.2, -0.15) is 0 Å². The number of aromatic nitrogens is 2. The number of thiophene rings is 1. The van der Waals surface area contributed by atoms with Gasteiger partial charge in [0.2, 0.25) is 0 Å². The van der Waals surface area contributed by atoms with Crippen molar-refractivity contribution in [2.45, 2.75) is 0 Å². The summed E-state index contributed by atoms with van der Waals surface area (Å²) in [5.74, 6) is 0.668. The Morgan fingerprint density at radius 2 is 2.11 bits per heavy atom.